The van der Waals surface area contributed by atoms with Crippen molar-refractivity contribution in [2.45, 2.75) is 52.6 Å². The molecule has 0 bridgehead atoms. The molecule has 3 nitrogen and oxygen atoms in total. The highest BCUT2D eigenvalue weighted by molar-refractivity contribution is 9.10. The minimum atomic E-state index is 0.406. The van der Waals surface area contributed by atoms with Crippen LogP contribution in [0.5, 0.6) is 0 Å². The van der Waals surface area contributed by atoms with Crippen molar-refractivity contribution in [3.8, 4) is 0 Å². The molecule has 92 valence electrons. The van der Waals surface area contributed by atoms with Gasteiger partial charge in [-0.25, -0.2) is 0 Å². The van der Waals surface area contributed by atoms with Crippen molar-refractivity contribution in [3.63, 3.8) is 0 Å². The smallest absolute Gasteiger partial charge is 0.0695 e. The summed E-state index contributed by atoms with van der Waals surface area (Å²) in [5.74, 6) is 0. The van der Waals surface area contributed by atoms with Crippen molar-refractivity contribution in [2.24, 2.45) is 0 Å². The Morgan fingerprint density at radius 3 is 2.69 bits per heavy atom. The summed E-state index contributed by atoms with van der Waals surface area (Å²) in [4.78, 5) is 0. The standard InChI is InChI=1S/C12H22BrN3/c1-4-7-14-11(6-3)12-10(13)9-15-16(12)8-5-2/h9,11,14H,4-8H2,1-3H3. The van der Waals surface area contributed by atoms with Gasteiger partial charge in [-0.2, -0.15) is 5.10 Å². The predicted molar refractivity (Wildman–Crippen MR) is 71.5 cm³/mol. The molecule has 0 aromatic carbocycles. The van der Waals surface area contributed by atoms with Crippen molar-refractivity contribution in [2.75, 3.05) is 6.54 Å². The lowest BCUT2D eigenvalue weighted by atomic mass is 10.1. The van der Waals surface area contributed by atoms with Crippen molar-refractivity contribution >= 4 is 15.9 Å². The third-order valence-electron chi connectivity index (χ3n) is 2.65. The Morgan fingerprint density at radius 2 is 2.12 bits per heavy atom. The summed E-state index contributed by atoms with van der Waals surface area (Å²) >= 11 is 3.60. The maximum absolute atomic E-state index is 4.41. The monoisotopic (exact) mass is 287 g/mol. The lowest BCUT2D eigenvalue weighted by Crippen LogP contribution is -2.24. The molecule has 0 fully saturated rings. The normalized spacial score (nSPS) is 13.0. The van der Waals surface area contributed by atoms with Gasteiger partial charge in [0.2, 0.25) is 0 Å². The molecule has 0 aliphatic carbocycles. The van der Waals surface area contributed by atoms with Crippen LogP contribution in [0, 0.1) is 0 Å². The van der Waals surface area contributed by atoms with Crippen LogP contribution in [-0.2, 0) is 6.54 Å². The number of aryl methyl sites for hydroxylation is 1. The molecule has 4 heteroatoms. The van der Waals surface area contributed by atoms with Crippen LogP contribution in [0.1, 0.15) is 51.8 Å². The zero-order valence-corrected chi connectivity index (χ0v) is 12.0. The summed E-state index contributed by atoms with van der Waals surface area (Å²) in [6.45, 7) is 8.63. The molecule has 0 saturated heterocycles. The Morgan fingerprint density at radius 1 is 1.38 bits per heavy atom. The predicted octanol–water partition coefficient (Wildman–Crippen LogP) is 3.51. The SMILES string of the molecule is CCCNC(CC)c1c(Br)cnn1CCC. The average Bonchev–Trinajstić information content (AvgIpc) is 2.63. The molecule has 1 unspecified atom stereocenters. The van der Waals surface area contributed by atoms with Gasteiger partial charge in [0.1, 0.15) is 0 Å². The van der Waals surface area contributed by atoms with Crippen molar-refractivity contribution in [1.29, 1.82) is 0 Å². The van der Waals surface area contributed by atoms with Crippen molar-refractivity contribution in [3.05, 3.63) is 16.4 Å². The number of nitrogens with zero attached hydrogens (tertiary/aromatic N) is 2. The molecule has 1 heterocycles. The van der Waals surface area contributed by atoms with E-state index in [1.54, 1.807) is 0 Å². The van der Waals surface area contributed by atoms with Crippen molar-refractivity contribution in [1.82, 2.24) is 15.1 Å². The summed E-state index contributed by atoms with van der Waals surface area (Å²) in [5.41, 5.74) is 1.29. The van der Waals surface area contributed by atoms with Crippen LogP contribution >= 0.6 is 15.9 Å². The second-order valence-electron chi connectivity index (χ2n) is 4.02. The van der Waals surface area contributed by atoms with Gasteiger partial charge in [0.15, 0.2) is 0 Å². The fraction of sp³-hybridized carbons (Fsp3) is 0.750. The zero-order chi connectivity index (χ0) is 12.0. The number of rotatable bonds is 7. The second kappa shape index (κ2) is 7.07. The highest BCUT2D eigenvalue weighted by Crippen LogP contribution is 2.25. The van der Waals surface area contributed by atoms with E-state index in [0.717, 1.165) is 36.8 Å². The first-order chi connectivity index (χ1) is 7.74. The third kappa shape index (κ3) is 3.32. The van der Waals surface area contributed by atoms with Crippen LogP contribution < -0.4 is 5.32 Å². The number of hydrogen-bond acceptors (Lipinski definition) is 2. The molecule has 1 atom stereocenters. The van der Waals surface area contributed by atoms with Gasteiger partial charge in [0, 0.05) is 6.54 Å². The molecular formula is C12H22BrN3. The first-order valence-electron chi connectivity index (χ1n) is 6.19. The van der Waals surface area contributed by atoms with Gasteiger partial charge >= 0.3 is 0 Å². The highest BCUT2D eigenvalue weighted by Gasteiger charge is 2.17. The van der Waals surface area contributed by atoms with E-state index in [9.17, 15) is 0 Å². The molecular weight excluding hydrogens is 266 g/mol. The van der Waals surface area contributed by atoms with E-state index in [4.69, 9.17) is 0 Å². The van der Waals surface area contributed by atoms with Gasteiger partial charge in [0.05, 0.1) is 22.4 Å². The number of hydrogen-bond donors (Lipinski definition) is 1. The van der Waals surface area contributed by atoms with Gasteiger partial charge in [0.25, 0.3) is 0 Å². The Balaban J connectivity index is 2.84. The van der Waals surface area contributed by atoms with Gasteiger partial charge < -0.3 is 5.32 Å². The van der Waals surface area contributed by atoms with Gasteiger partial charge in [-0.3, -0.25) is 4.68 Å². The molecule has 1 N–H and O–H groups in total. The molecule has 1 rings (SSSR count). The maximum Gasteiger partial charge on any atom is 0.0695 e. The van der Waals surface area contributed by atoms with Gasteiger partial charge in [-0.1, -0.05) is 20.8 Å². The summed E-state index contributed by atoms with van der Waals surface area (Å²) in [6, 6.07) is 0.406. The minimum absolute atomic E-state index is 0.406. The van der Waals surface area contributed by atoms with Crippen LogP contribution in [0.2, 0.25) is 0 Å². The van der Waals surface area contributed by atoms with Crippen LogP contribution in [0.15, 0.2) is 10.7 Å². The van der Waals surface area contributed by atoms with Crippen LogP contribution in [0.4, 0.5) is 0 Å². The number of nitrogens with one attached hydrogen (secondary N) is 1. The first kappa shape index (κ1) is 13.7. The number of halogens is 1. The van der Waals surface area contributed by atoms with E-state index in [1.807, 2.05) is 6.20 Å². The topological polar surface area (TPSA) is 29.9 Å². The largest absolute Gasteiger partial charge is 0.309 e. The molecule has 0 saturated carbocycles. The quantitative estimate of drug-likeness (QED) is 0.832. The first-order valence-corrected chi connectivity index (χ1v) is 6.98. The van der Waals surface area contributed by atoms with Crippen LogP contribution in [0.25, 0.3) is 0 Å². The molecule has 1 aromatic heterocycles. The van der Waals surface area contributed by atoms with E-state index in [1.165, 1.54) is 5.69 Å². The Labute approximate surface area is 107 Å². The molecule has 0 aliphatic heterocycles. The van der Waals surface area contributed by atoms with E-state index in [0.29, 0.717) is 6.04 Å². The van der Waals surface area contributed by atoms with E-state index in [-0.39, 0.29) is 0 Å². The van der Waals surface area contributed by atoms with E-state index in [2.05, 4.69) is 51.8 Å². The van der Waals surface area contributed by atoms with E-state index >= 15 is 0 Å². The van der Waals surface area contributed by atoms with Crippen molar-refractivity contribution < 1.29 is 0 Å². The van der Waals surface area contributed by atoms with Gasteiger partial charge in [-0.15, -0.1) is 0 Å². The molecule has 0 aliphatic rings. The lowest BCUT2D eigenvalue weighted by molar-refractivity contribution is 0.460. The summed E-state index contributed by atoms with van der Waals surface area (Å²) in [7, 11) is 0. The average molecular weight is 288 g/mol. The molecule has 0 amide bonds. The highest BCUT2D eigenvalue weighted by atomic mass is 79.9. The molecule has 16 heavy (non-hydrogen) atoms. The fourth-order valence-electron chi connectivity index (χ4n) is 1.86. The fourth-order valence-corrected chi connectivity index (χ4v) is 2.43. The molecule has 0 spiro atoms. The number of aromatic nitrogens is 2. The van der Waals surface area contributed by atoms with E-state index < -0.39 is 0 Å². The molecule has 0 radical (unpaired) electrons. The Bertz CT molecular complexity index is 309. The Kier molecular flexibility index (Phi) is 6.06. The third-order valence-corrected chi connectivity index (χ3v) is 3.26. The summed E-state index contributed by atoms with van der Waals surface area (Å²) in [6.07, 6.45) is 5.27. The second-order valence-corrected chi connectivity index (χ2v) is 4.87. The summed E-state index contributed by atoms with van der Waals surface area (Å²) in [5, 5.41) is 7.98. The maximum atomic E-state index is 4.41. The minimum Gasteiger partial charge on any atom is -0.309 e. The zero-order valence-electron chi connectivity index (χ0n) is 10.5. The van der Waals surface area contributed by atoms with Crippen LogP contribution in [-0.4, -0.2) is 16.3 Å². The summed E-state index contributed by atoms with van der Waals surface area (Å²) < 4.78 is 3.23. The lowest BCUT2D eigenvalue weighted by Gasteiger charge is -2.19. The Hall–Kier alpha value is -0.350. The van der Waals surface area contributed by atoms with Gasteiger partial charge in [-0.05, 0) is 41.7 Å². The van der Waals surface area contributed by atoms with Crippen LogP contribution in [0.3, 0.4) is 0 Å². The molecule has 1 aromatic rings.